The second kappa shape index (κ2) is 7.26. The zero-order valence-electron chi connectivity index (χ0n) is 16.5. The molecule has 0 aromatic carbocycles. The van der Waals surface area contributed by atoms with E-state index in [0.29, 0.717) is 25.6 Å². The third-order valence-corrected chi connectivity index (χ3v) is 6.80. The van der Waals surface area contributed by atoms with Crippen LogP contribution >= 0.6 is 11.3 Å². The van der Waals surface area contributed by atoms with Crippen LogP contribution in [0.4, 0.5) is 5.95 Å². The summed E-state index contributed by atoms with van der Waals surface area (Å²) in [6.07, 6.45) is 4.45. The van der Waals surface area contributed by atoms with Crippen molar-refractivity contribution < 1.29 is 4.79 Å². The highest BCUT2D eigenvalue weighted by Gasteiger charge is 2.26. The summed E-state index contributed by atoms with van der Waals surface area (Å²) in [4.78, 5) is 36.4. The van der Waals surface area contributed by atoms with Crippen molar-refractivity contribution in [1.82, 2.24) is 14.5 Å². The molecule has 0 spiro atoms. The number of rotatable bonds is 3. The first-order chi connectivity index (χ1) is 13.0. The van der Waals surface area contributed by atoms with E-state index in [1.165, 1.54) is 16.9 Å². The Morgan fingerprint density at radius 3 is 2.52 bits per heavy atom. The molecule has 4 rings (SSSR count). The van der Waals surface area contributed by atoms with Gasteiger partial charge in [0.25, 0.3) is 5.56 Å². The molecule has 6 nitrogen and oxygen atoms in total. The summed E-state index contributed by atoms with van der Waals surface area (Å²) in [7, 11) is 0. The average Bonchev–Trinajstić information content (AvgIpc) is 3.02. The van der Waals surface area contributed by atoms with E-state index in [1.54, 1.807) is 18.3 Å². The summed E-state index contributed by atoms with van der Waals surface area (Å²) in [5.74, 6) is 1.26. The number of thiophene rings is 1. The molecule has 1 aliphatic heterocycles. The van der Waals surface area contributed by atoms with Crippen molar-refractivity contribution in [2.75, 3.05) is 31.1 Å². The molecule has 0 unspecified atom stereocenters. The monoisotopic (exact) mass is 388 g/mol. The number of nitrogens with zero attached hydrogens (tertiary/aromatic N) is 4. The molecular formula is C20H28N4O2S. The topological polar surface area (TPSA) is 58.4 Å². The lowest BCUT2D eigenvalue weighted by Crippen LogP contribution is -2.49. The highest BCUT2D eigenvalue weighted by Crippen LogP contribution is 2.34. The zero-order valence-corrected chi connectivity index (χ0v) is 17.3. The molecule has 0 radical (unpaired) electrons. The first kappa shape index (κ1) is 18.5. The molecule has 0 bridgehead atoms. The zero-order chi connectivity index (χ0) is 19.1. The van der Waals surface area contributed by atoms with Gasteiger partial charge in [0.05, 0.1) is 5.39 Å². The van der Waals surface area contributed by atoms with Gasteiger partial charge in [-0.15, -0.1) is 11.3 Å². The molecule has 1 fully saturated rings. The number of fused-ring (bicyclic) bond motifs is 3. The van der Waals surface area contributed by atoms with Crippen LogP contribution in [0.25, 0.3) is 10.2 Å². The van der Waals surface area contributed by atoms with E-state index in [9.17, 15) is 9.59 Å². The summed E-state index contributed by atoms with van der Waals surface area (Å²) in [6.45, 7) is 9.38. The Hall–Kier alpha value is -1.89. The first-order valence-corrected chi connectivity index (χ1v) is 10.8. The van der Waals surface area contributed by atoms with Gasteiger partial charge in [0, 0.05) is 44.5 Å². The average molecular weight is 389 g/mol. The number of amides is 1. The molecule has 2 aromatic rings. The molecule has 1 amide bonds. The Labute approximate surface area is 163 Å². The molecular weight excluding hydrogens is 360 g/mol. The van der Waals surface area contributed by atoms with Crippen LogP contribution < -0.4 is 10.5 Å². The Bertz CT molecular complexity index is 922. The minimum atomic E-state index is 0.114. The quantitative estimate of drug-likeness (QED) is 0.811. The molecule has 0 saturated carbocycles. The van der Waals surface area contributed by atoms with Crippen LogP contribution in [0, 0.1) is 5.92 Å². The Balaban J connectivity index is 1.79. The van der Waals surface area contributed by atoms with Crippen LogP contribution in [0.3, 0.4) is 0 Å². The van der Waals surface area contributed by atoms with E-state index in [1.807, 2.05) is 9.47 Å². The van der Waals surface area contributed by atoms with Gasteiger partial charge in [-0.25, -0.2) is 4.98 Å². The van der Waals surface area contributed by atoms with Crippen LogP contribution in [0.1, 0.15) is 44.1 Å². The standard InChI is InChI=1S/C20H28N4O2S/c1-13(2)12-24-19(26)17-15-6-4-5-7-16(15)27-18(17)21-20(24)23-10-8-22(9-11-23)14(3)25/h13H,4-12H2,1-3H3. The Kier molecular flexibility index (Phi) is 4.97. The molecule has 3 heterocycles. The number of hydrogen-bond acceptors (Lipinski definition) is 5. The predicted molar refractivity (Wildman–Crippen MR) is 110 cm³/mol. The molecule has 146 valence electrons. The van der Waals surface area contributed by atoms with E-state index in [2.05, 4.69) is 18.7 Å². The van der Waals surface area contributed by atoms with Crippen LogP contribution in [0.2, 0.25) is 0 Å². The minimum absolute atomic E-state index is 0.114. The van der Waals surface area contributed by atoms with Crippen molar-refractivity contribution >= 4 is 33.4 Å². The number of aromatic nitrogens is 2. The van der Waals surface area contributed by atoms with Crippen LogP contribution in [-0.2, 0) is 24.2 Å². The van der Waals surface area contributed by atoms with Crippen molar-refractivity contribution in [2.45, 2.75) is 53.0 Å². The fourth-order valence-corrected chi connectivity index (χ4v) is 5.47. The molecule has 1 saturated heterocycles. The molecule has 2 aromatic heterocycles. The number of anilines is 1. The van der Waals surface area contributed by atoms with E-state index < -0.39 is 0 Å². The minimum Gasteiger partial charge on any atom is -0.339 e. The SMILES string of the molecule is CC(=O)N1CCN(c2nc3sc4c(c3c(=O)n2CC(C)C)CCCC4)CC1. The fraction of sp³-hybridized carbons (Fsp3) is 0.650. The summed E-state index contributed by atoms with van der Waals surface area (Å²) < 4.78 is 1.89. The van der Waals surface area contributed by atoms with Crippen molar-refractivity contribution in [1.29, 1.82) is 0 Å². The third kappa shape index (κ3) is 3.37. The number of carbonyl (C=O) groups is 1. The van der Waals surface area contributed by atoms with Gasteiger partial charge < -0.3 is 9.80 Å². The maximum atomic E-state index is 13.5. The second-order valence-electron chi connectivity index (χ2n) is 8.11. The fourth-order valence-electron chi connectivity index (χ4n) is 4.22. The third-order valence-electron chi connectivity index (χ3n) is 5.61. The van der Waals surface area contributed by atoms with Gasteiger partial charge in [-0.05, 0) is 37.2 Å². The van der Waals surface area contributed by atoms with Crippen LogP contribution in [0.5, 0.6) is 0 Å². The predicted octanol–water partition coefficient (Wildman–Crippen LogP) is 2.66. The Morgan fingerprint density at radius 2 is 1.85 bits per heavy atom. The molecule has 2 aliphatic rings. The van der Waals surface area contributed by atoms with E-state index in [0.717, 1.165) is 48.5 Å². The molecule has 7 heteroatoms. The second-order valence-corrected chi connectivity index (χ2v) is 9.19. The largest absolute Gasteiger partial charge is 0.339 e. The van der Waals surface area contributed by atoms with Crippen LogP contribution in [0.15, 0.2) is 4.79 Å². The highest BCUT2D eigenvalue weighted by atomic mass is 32.1. The van der Waals surface area contributed by atoms with Gasteiger partial charge in [0.2, 0.25) is 11.9 Å². The summed E-state index contributed by atoms with van der Waals surface area (Å²) in [5, 5.41) is 0.862. The maximum absolute atomic E-state index is 13.5. The smallest absolute Gasteiger partial charge is 0.263 e. The molecule has 0 atom stereocenters. The van der Waals surface area contributed by atoms with Crippen LogP contribution in [-0.4, -0.2) is 46.5 Å². The van der Waals surface area contributed by atoms with Crippen molar-refractivity contribution in [3.8, 4) is 0 Å². The molecule has 0 N–H and O–H groups in total. The first-order valence-electron chi connectivity index (χ1n) is 10.0. The number of hydrogen-bond donors (Lipinski definition) is 0. The normalized spacial score (nSPS) is 17.6. The molecule has 27 heavy (non-hydrogen) atoms. The lowest BCUT2D eigenvalue weighted by Gasteiger charge is -2.35. The Morgan fingerprint density at radius 1 is 1.15 bits per heavy atom. The lowest BCUT2D eigenvalue weighted by molar-refractivity contribution is -0.129. The van der Waals surface area contributed by atoms with Gasteiger partial charge in [-0.1, -0.05) is 13.8 Å². The van der Waals surface area contributed by atoms with E-state index in [-0.39, 0.29) is 11.5 Å². The van der Waals surface area contributed by atoms with Gasteiger partial charge in [-0.2, -0.15) is 0 Å². The van der Waals surface area contributed by atoms with E-state index >= 15 is 0 Å². The summed E-state index contributed by atoms with van der Waals surface area (Å²) >= 11 is 1.71. The highest BCUT2D eigenvalue weighted by molar-refractivity contribution is 7.18. The lowest BCUT2D eigenvalue weighted by atomic mass is 9.97. The van der Waals surface area contributed by atoms with Gasteiger partial charge in [-0.3, -0.25) is 14.2 Å². The van der Waals surface area contributed by atoms with Crippen molar-refractivity contribution in [3.63, 3.8) is 0 Å². The molecule has 1 aliphatic carbocycles. The summed E-state index contributed by atoms with van der Waals surface area (Å²) in [6, 6.07) is 0. The van der Waals surface area contributed by atoms with Crippen molar-refractivity contribution in [3.05, 3.63) is 20.8 Å². The maximum Gasteiger partial charge on any atom is 0.263 e. The number of carbonyl (C=O) groups excluding carboxylic acids is 1. The van der Waals surface area contributed by atoms with Gasteiger partial charge in [0.15, 0.2) is 0 Å². The number of piperazine rings is 1. The van der Waals surface area contributed by atoms with E-state index in [4.69, 9.17) is 4.98 Å². The van der Waals surface area contributed by atoms with Crippen molar-refractivity contribution in [2.24, 2.45) is 5.92 Å². The van der Waals surface area contributed by atoms with Gasteiger partial charge >= 0.3 is 0 Å². The summed E-state index contributed by atoms with van der Waals surface area (Å²) in [5.41, 5.74) is 1.38. The van der Waals surface area contributed by atoms with Gasteiger partial charge in [0.1, 0.15) is 4.83 Å². The number of aryl methyl sites for hydroxylation is 2.